The molecule has 26 heavy (non-hydrogen) atoms. The highest BCUT2D eigenvalue weighted by Gasteiger charge is 2.21. The monoisotopic (exact) mass is 366 g/mol. The van der Waals surface area contributed by atoms with Crippen molar-refractivity contribution in [2.24, 2.45) is 0 Å². The van der Waals surface area contributed by atoms with Crippen molar-refractivity contribution in [3.63, 3.8) is 0 Å². The standard InChI is InChI=1S/C19H22N6S/c1-13-11-17(23-18(21-13)16-5-4-6-20-12-16)24-7-9-25(10-8-24)19-22-14(2)15(3)26-19/h4-6,11-12H,7-10H2,1-3H3. The zero-order valence-electron chi connectivity index (χ0n) is 15.3. The van der Waals surface area contributed by atoms with Crippen molar-refractivity contribution in [3.8, 4) is 11.4 Å². The summed E-state index contributed by atoms with van der Waals surface area (Å²) in [5, 5.41) is 1.13. The van der Waals surface area contributed by atoms with Crippen LogP contribution in [0.1, 0.15) is 16.3 Å². The van der Waals surface area contributed by atoms with Gasteiger partial charge < -0.3 is 9.80 Å². The van der Waals surface area contributed by atoms with E-state index in [1.165, 1.54) is 4.88 Å². The van der Waals surface area contributed by atoms with Crippen LogP contribution in [0.5, 0.6) is 0 Å². The molecule has 3 aromatic rings. The fourth-order valence-corrected chi connectivity index (χ4v) is 4.02. The smallest absolute Gasteiger partial charge is 0.185 e. The first-order chi connectivity index (χ1) is 12.6. The van der Waals surface area contributed by atoms with Crippen LogP contribution in [0.15, 0.2) is 30.6 Å². The Bertz CT molecular complexity index is 880. The van der Waals surface area contributed by atoms with Crippen LogP contribution in [0.2, 0.25) is 0 Å². The molecule has 4 rings (SSSR count). The normalized spacial score (nSPS) is 14.7. The molecule has 0 atom stereocenters. The number of hydrogen-bond acceptors (Lipinski definition) is 7. The maximum atomic E-state index is 4.79. The Balaban J connectivity index is 1.52. The van der Waals surface area contributed by atoms with Crippen molar-refractivity contribution in [2.45, 2.75) is 20.8 Å². The van der Waals surface area contributed by atoms with Crippen molar-refractivity contribution in [1.29, 1.82) is 0 Å². The van der Waals surface area contributed by atoms with Gasteiger partial charge in [0.05, 0.1) is 5.69 Å². The van der Waals surface area contributed by atoms with Crippen LogP contribution in [-0.2, 0) is 0 Å². The second-order valence-corrected chi connectivity index (χ2v) is 7.73. The largest absolute Gasteiger partial charge is 0.353 e. The molecular formula is C19H22N6S. The lowest BCUT2D eigenvalue weighted by Gasteiger charge is -2.35. The average molecular weight is 366 g/mol. The Hall–Kier alpha value is -2.54. The minimum absolute atomic E-state index is 0.738. The van der Waals surface area contributed by atoms with E-state index in [9.17, 15) is 0 Å². The second kappa shape index (κ2) is 6.99. The van der Waals surface area contributed by atoms with Gasteiger partial charge in [0.15, 0.2) is 11.0 Å². The minimum Gasteiger partial charge on any atom is -0.353 e. The molecule has 1 saturated heterocycles. The molecule has 0 N–H and O–H groups in total. The molecule has 0 aliphatic carbocycles. The van der Waals surface area contributed by atoms with E-state index in [2.05, 4.69) is 39.7 Å². The van der Waals surface area contributed by atoms with Gasteiger partial charge in [-0.3, -0.25) is 4.98 Å². The number of rotatable bonds is 3. The number of hydrogen-bond donors (Lipinski definition) is 0. The van der Waals surface area contributed by atoms with E-state index in [4.69, 9.17) is 9.97 Å². The Morgan fingerprint density at radius 1 is 0.962 bits per heavy atom. The molecule has 1 aliphatic rings. The lowest BCUT2D eigenvalue weighted by molar-refractivity contribution is 0.645. The molecule has 0 amide bonds. The summed E-state index contributed by atoms with van der Waals surface area (Å²) in [6.07, 6.45) is 3.57. The van der Waals surface area contributed by atoms with Gasteiger partial charge in [-0.15, -0.1) is 11.3 Å². The van der Waals surface area contributed by atoms with Crippen LogP contribution in [0.4, 0.5) is 10.9 Å². The Labute approximate surface area is 157 Å². The molecular weight excluding hydrogens is 344 g/mol. The molecule has 1 aliphatic heterocycles. The maximum absolute atomic E-state index is 4.79. The number of aromatic nitrogens is 4. The zero-order chi connectivity index (χ0) is 18.1. The summed E-state index contributed by atoms with van der Waals surface area (Å²) in [7, 11) is 0. The number of thiazole rings is 1. The molecule has 7 heteroatoms. The number of piperazine rings is 1. The number of nitrogens with zero attached hydrogens (tertiary/aromatic N) is 6. The molecule has 134 valence electrons. The Morgan fingerprint density at radius 2 is 1.73 bits per heavy atom. The van der Waals surface area contributed by atoms with E-state index < -0.39 is 0 Å². The number of pyridine rings is 1. The first-order valence-corrected chi connectivity index (χ1v) is 9.62. The lowest BCUT2D eigenvalue weighted by Crippen LogP contribution is -2.46. The van der Waals surface area contributed by atoms with Gasteiger partial charge in [-0.1, -0.05) is 0 Å². The van der Waals surface area contributed by atoms with Crippen LogP contribution >= 0.6 is 11.3 Å². The predicted molar refractivity (Wildman–Crippen MR) is 106 cm³/mol. The summed E-state index contributed by atoms with van der Waals surface area (Å²) in [4.78, 5) is 24.2. The third-order valence-corrected chi connectivity index (χ3v) is 5.79. The molecule has 0 saturated carbocycles. The van der Waals surface area contributed by atoms with Crippen molar-refractivity contribution in [3.05, 3.63) is 46.9 Å². The Kier molecular flexibility index (Phi) is 4.55. The van der Waals surface area contributed by atoms with Crippen LogP contribution in [0.25, 0.3) is 11.4 Å². The predicted octanol–water partition coefficient (Wildman–Crippen LogP) is 3.25. The summed E-state index contributed by atoms with van der Waals surface area (Å²) >= 11 is 1.78. The summed E-state index contributed by atoms with van der Waals surface area (Å²) in [5.74, 6) is 1.73. The van der Waals surface area contributed by atoms with Gasteiger partial charge in [0, 0.05) is 60.8 Å². The van der Waals surface area contributed by atoms with E-state index in [0.29, 0.717) is 0 Å². The van der Waals surface area contributed by atoms with Crippen LogP contribution < -0.4 is 9.80 Å². The van der Waals surface area contributed by atoms with Gasteiger partial charge in [-0.2, -0.15) is 0 Å². The zero-order valence-corrected chi connectivity index (χ0v) is 16.1. The van der Waals surface area contributed by atoms with E-state index in [0.717, 1.165) is 59.9 Å². The molecule has 0 spiro atoms. The highest BCUT2D eigenvalue weighted by molar-refractivity contribution is 7.15. The van der Waals surface area contributed by atoms with Crippen molar-refractivity contribution in [1.82, 2.24) is 19.9 Å². The summed E-state index contributed by atoms with van der Waals surface area (Å²) < 4.78 is 0. The van der Waals surface area contributed by atoms with E-state index >= 15 is 0 Å². The van der Waals surface area contributed by atoms with Crippen LogP contribution in [0.3, 0.4) is 0 Å². The SMILES string of the molecule is Cc1cc(N2CCN(c3nc(C)c(C)s3)CC2)nc(-c2cccnc2)n1. The fraction of sp³-hybridized carbons (Fsp3) is 0.368. The maximum Gasteiger partial charge on any atom is 0.185 e. The topological polar surface area (TPSA) is 58.0 Å². The van der Waals surface area contributed by atoms with Crippen molar-refractivity contribution < 1.29 is 0 Å². The third-order valence-electron chi connectivity index (χ3n) is 4.65. The average Bonchev–Trinajstić information content (AvgIpc) is 3.01. The third kappa shape index (κ3) is 3.39. The van der Waals surface area contributed by atoms with E-state index in [1.807, 2.05) is 25.3 Å². The molecule has 4 heterocycles. The van der Waals surface area contributed by atoms with Gasteiger partial charge in [-0.05, 0) is 32.9 Å². The highest BCUT2D eigenvalue weighted by atomic mass is 32.1. The highest BCUT2D eigenvalue weighted by Crippen LogP contribution is 2.27. The second-order valence-electron chi connectivity index (χ2n) is 6.54. The van der Waals surface area contributed by atoms with Crippen molar-refractivity contribution >= 4 is 22.3 Å². The van der Waals surface area contributed by atoms with Gasteiger partial charge >= 0.3 is 0 Å². The summed E-state index contributed by atoms with van der Waals surface area (Å²) in [5.41, 5.74) is 3.06. The molecule has 0 aromatic carbocycles. The number of aryl methyl sites for hydroxylation is 3. The molecule has 0 radical (unpaired) electrons. The van der Waals surface area contributed by atoms with Gasteiger partial charge in [0.1, 0.15) is 5.82 Å². The van der Waals surface area contributed by atoms with Gasteiger partial charge in [-0.25, -0.2) is 15.0 Å². The van der Waals surface area contributed by atoms with E-state index in [1.54, 1.807) is 17.5 Å². The van der Waals surface area contributed by atoms with Gasteiger partial charge in [0.2, 0.25) is 0 Å². The van der Waals surface area contributed by atoms with Crippen LogP contribution in [-0.4, -0.2) is 46.1 Å². The molecule has 0 unspecified atom stereocenters. The van der Waals surface area contributed by atoms with Crippen molar-refractivity contribution in [2.75, 3.05) is 36.0 Å². The molecule has 3 aromatic heterocycles. The molecule has 1 fully saturated rings. The fourth-order valence-electron chi connectivity index (χ4n) is 3.06. The lowest BCUT2D eigenvalue weighted by atomic mass is 10.2. The summed E-state index contributed by atoms with van der Waals surface area (Å²) in [6.45, 7) is 10.0. The van der Waals surface area contributed by atoms with Crippen LogP contribution in [0, 0.1) is 20.8 Å². The van der Waals surface area contributed by atoms with E-state index in [-0.39, 0.29) is 0 Å². The molecule has 6 nitrogen and oxygen atoms in total. The minimum atomic E-state index is 0.738. The Morgan fingerprint density at radius 3 is 2.38 bits per heavy atom. The molecule has 0 bridgehead atoms. The number of anilines is 2. The quantitative estimate of drug-likeness (QED) is 0.709. The van der Waals surface area contributed by atoms with Gasteiger partial charge in [0.25, 0.3) is 0 Å². The summed E-state index contributed by atoms with van der Waals surface area (Å²) in [6, 6.07) is 5.97. The first kappa shape index (κ1) is 16.9. The first-order valence-electron chi connectivity index (χ1n) is 8.80.